The second-order valence-corrected chi connectivity index (χ2v) is 5.40. The van der Waals surface area contributed by atoms with Crippen LogP contribution >= 0.6 is 0 Å². The minimum absolute atomic E-state index is 0.0509. The molecule has 0 saturated heterocycles. The number of esters is 1. The van der Waals surface area contributed by atoms with Crippen LogP contribution in [-0.2, 0) is 21.9 Å². The van der Waals surface area contributed by atoms with Crippen molar-refractivity contribution in [2.75, 3.05) is 6.61 Å². The van der Waals surface area contributed by atoms with Crippen molar-refractivity contribution in [3.8, 4) is 5.75 Å². The van der Waals surface area contributed by atoms with Gasteiger partial charge in [0.1, 0.15) is 5.75 Å². The third kappa shape index (κ3) is 5.38. The normalized spacial score (nSPS) is 13.1. The highest BCUT2D eigenvalue weighted by Crippen LogP contribution is 2.34. The zero-order valence-electron chi connectivity index (χ0n) is 13.9. The minimum Gasteiger partial charge on any atom is -0.474 e. The van der Waals surface area contributed by atoms with E-state index in [1.54, 1.807) is 0 Å². The molecule has 0 bridgehead atoms. The van der Waals surface area contributed by atoms with Crippen molar-refractivity contribution in [2.24, 2.45) is 0 Å². The molecule has 0 N–H and O–H groups in total. The van der Waals surface area contributed by atoms with E-state index in [4.69, 9.17) is 9.47 Å². The fourth-order valence-electron chi connectivity index (χ4n) is 2.21. The number of ether oxygens (including phenoxy) is 2. The molecule has 0 radical (unpaired) electrons. The standard InChI is InChI=1S/C18H14F6O3/c1-2-26-16(25)15(11-4-3-5-13(10-11)18(22,23)24)27-14-8-6-12(7-9-14)17(19,20)21/h3-10,15H,2H2,1H3. The molecule has 2 aromatic rings. The van der Waals surface area contributed by atoms with Gasteiger partial charge in [-0.1, -0.05) is 12.1 Å². The first-order chi connectivity index (χ1) is 12.5. The van der Waals surface area contributed by atoms with Gasteiger partial charge in [-0.15, -0.1) is 0 Å². The van der Waals surface area contributed by atoms with Gasteiger partial charge in [0.25, 0.3) is 0 Å². The Morgan fingerprint density at radius 3 is 2.04 bits per heavy atom. The second-order valence-electron chi connectivity index (χ2n) is 5.40. The first-order valence-electron chi connectivity index (χ1n) is 7.70. The lowest BCUT2D eigenvalue weighted by molar-refractivity contribution is -0.152. The maximum Gasteiger partial charge on any atom is 0.416 e. The predicted molar refractivity (Wildman–Crippen MR) is 82.9 cm³/mol. The molecule has 0 amide bonds. The van der Waals surface area contributed by atoms with E-state index < -0.39 is 35.6 Å². The molecular weight excluding hydrogens is 378 g/mol. The fraction of sp³-hybridized carbons (Fsp3) is 0.278. The van der Waals surface area contributed by atoms with E-state index in [0.29, 0.717) is 0 Å². The topological polar surface area (TPSA) is 35.5 Å². The van der Waals surface area contributed by atoms with E-state index in [1.807, 2.05) is 0 Å². The summed E-state index contributed by atoms with van der Waals surface area (Å²) in [4.78, 5) is 12.1. The molecule has 0 saturated carbocycles. The van der Waals surface area contributed by atoms with Crippen molar-refractivity contribution >= 4 is 5.97 Å². The third-order valence-electron chi connectivity index (χ3n) is 3.45. The summed E-state index contributed by atoms with van der Waals surface area (Å²) in [5.74, 6) is -1.09. The zero-order valence-corrected chi connectivity index (χ0v) is 13.9. The Kier molecular flexibility index (Phi) is 6.02. The summed E-state index contributed by atoms with van der Waals surface area (Å²) in [5, 5.41) is 0. The molecule has 146 valence electrons. The van der Waals surface area contributed by atoms with E-state index in [1.165, 1.54) is 13.0 Å². The molecule has 0 aliphatic carbocycles. The van der Waals surface area contributed by atoms with Crippen molar-refractivity contribution < 1.29 is 40.6 Å². The van der Waals surface area contributed by atoms with Crippen molar-refractivity contribution in [2.45, 2.75) is 25.4 Å². The molecule has 2 rings (SSSR count). The Bertz CT molecular complexity index is 781. The smallest absolute Gasteiger partial charge is 0.416 e. The number of hydrogen-bond donors (Lipinski definition) is 0. The van der Waals surface area contributed by atoms with Crippen LogP contribution in [0.15, 0.2) is 48.5 Å². The molecule has 0 aliphatic rings. The lowest BCUT2D eigenvalue weighted by Gasteiger charge is -2.19. The van der Waals surface area contributed by atoms with Gasteiger partial charge in [0.05, 0.1) is 17.7 Å². The Hall–Kier alpha value is -2.71. The first kappa shape index (κ1) is 20.6. The first-order valence-corrected chi connectivity index (χ1v) is 7.70. The lowest BCUT2D eigenvalue weighted by Crippen LogP contribution is -2.22. The molecule has 0 fully saturated rings. The van der Waals surface area contributed by atoms with Crippen molar-refractivity contribution in [1.82, 2.24) is 0 Å². The number of carbonyl (C=O) groups excluding carboxylic acids is 1. The Balaban J connectivity index is 2.34. The minimum atomic E-state index is -4.64. The molecule has 0 spiro atoms. The second kappa shape index (κ2) is 7.89. The number of rotatable bonds is 5. The van der Waals surface area contributed by atoms with E-state index in [0.717, 1.165) is 42.5 Å². The summed E-state index contributed by atoms with van der Waals surface area (Å²) < 4.78 is 86.7. The van der Waals surface area contributed by atoms with E-state index in [-0.39, 0.29) is 17.9 Å². The van der Waals surface area contributed by atoms with Gasteiger partial charge in [-0.05, 0) is 43.3 Å². The molecule has 1 unspecified atom stereocenters. The number of halogens is 6. The van der Waals surface area contributed by atoms with Crippen LogP contribution in [-0.4, -0.2) is 12.6 Å². The lowest BCUT2D eigenvalue weighted by atomic mass is 10.1. The summed E-state index contributed by atoms with van der Waals surface area (Å²) in [7, 11) is 0. The highest BCUT2D eigenvalue weighted by Gasteiger charge is 2.33. The number of alkyl halides is 6. The van der Waals surface area contributed by atoms with Gasteiger partial charge in [-0.3, -0.25) is 0 Å². The van der Waals surface area contributed by atoms with Crippen LogP contribution in [0.1, 0.15) is 29.7 Å². The maximum atomic E-state index is 12.9. The monoisotopic (exact) mass is 392 g/mol. The number of carbonyl (C=O) groups is 1. The summed E-state index contributed by atoms with van der Waals surface area (Å²) in [5.41, 5.74) is -2.06. The van der Waals surface area contributed by atoms with Crippen LogP contribution < -0.4 is 4.74 Å². The molecule has 27 heavy (non-hydrogen) atoms. The van der Waals surface area contributed by atoms with Crippen LogP contribution in [0.2, 0.25) is 0 Å². The summed E-state index contributed by atoms with van der Waals surface area (Å²) in [6.07, 6.45) is -10.8. The quantitative estimate of drug-likeness (QED) is 0.504. The van der Waals surface area contributed by atoms with Gasteiger partial charge in [0.2, 0.25) is 6.10 Å². The van der Waals surface area contributed by atoms with E-state index >= 15 is 0 Å². The Morgan fingerprint density at radius 1 is 0.926 bits per heavy atom. The largest absolute Gasteiger partial charge is 0.474 e. The van der Waals surface area contributed by atoms with Crippen LogP contribution in [0.5, 0.6) is 5.75 Å². The molecule has 0 aliphatic heterocycles. The molecule has 0 heterocycles. The Labute approximate surface area is 150 Å². The molecule has 3 nitrogen and oxygen atoms in total. The summed E-state index contributed by atoms with van der Waals surface area (Å²) >= 11 is 0. The van der Waals surface area contributed by atoms with Crippen LogP contribution in [0.3, 0.4) is 0 Å². The third-order valence-corrected chi connectivity index (χ3v) is 3.45. The van der Waals surface area contributed by atoms with E-state index in [9.17, 15) is 31.1 Å². The predicted octanol–water partition coefficient (Wildman–Crippen LogP) is 5.41. The number of benzene rings is 2. The van der Waals surface area contributed by atoms with Gasteiger partial charge in [0.15, 0.2) is 0 Å². The van der Waals surface area contributed by atoms with Gasteiger partial charge < -0.3 is 9.47 Å². The average molecular weight is 392 g/mol. The van der Waals surface area contributed by atoms with Gasteiger partial charge in [-0.25, -0.2) is 4.79 Å². The fourth-order valence-corrected chi connectivity index (χ4v) is 2.21. The van der Waals surface area contributed by atoms with Gasteiger partial charge in [-0.2, -0.15) is 26.3 Å². The molecule has 0 aromatic heterocycles. The highest BCUT2D eigenvalue weighted by molar-refractivity contribution is 5.77. The van der Waals surface area contributed by atoms with Crippen LogP contribution in [0, 0.1) is 0 Å². The van der Waals surface area contributed by atoms with E-state index in [2.05, 4.69) is 0 Å². The zero-order chi connectivity index (χ0) is 20.2. The van der Waals surface area contributed by atoms with Gasteiger partial charge >= 0.3 is 18.3 Å². The Morgan fingerprint density at radius 2 is 1.52 bits per heavy atom. The summed E-state index contributed by atoms with van der Waals surface area (Å²) in [6, 6.07) is 7.32. The van der Waals surface area contributed by atoms with Crippen molar-refractivity contribution in [1.29, 1.82) is 0 Å². The highest BCUT2D eigenvalue weighted by atomic mass is 19.4. The van der Waals surface area contributed by atoms with Crippen molar-refractivity contribution in [3.05, 3.63) is 65.2 Å². The molecule has 9 heteroatoms. The van der Waals surface area contributed by atoms with Crippen molar-refractivity contribution in [3.63, 3.8) is 0 Å². The number of hydrogen-bond acceptors (Lipinski definition) is 3. The van der Waals surface area contributed by atoms with Crippen LogP contribution in [0.4, 0.5) is 26.3 Å². The maximum absolute atomic E-state index is 12.9. The SMILES string of the molecule is CCOC(=O)C(Oc1ccc(C(F)(F)F)cc1)c1cccc(C(F)(F)F)c1. The molecular formula is C18H14F6O3. The molecule has 1 atom stereocenters. The average Bonchev–Trinajstić information content (AvgIpc) is 2.59. The van der Waals surface area contributed by atoms with Gasteiger partial charge in [0, 0.05) is 5.56 Å². The molecule has 2 aromatic carbocycles. The van der Waals surface area contributed by atoms with Crippen LogP contribution in [0.25, 0.3) is 0 Å². The summed E-state index contributed by atoms with van der Waals surface area (Å²) in [6.45, 7) is 1.45.